The van der Waals surface area contributed by atoms with E-state index in [9.17, 15) is 4.79 Å². The minimum absolute atomic E-state index is 0.0813. The molecule has 1 fully saturated rings. The number of aromatic nitrogens is 2. The largest absolute Gasteiger partial charge is 0.453 e. The normalized spacial score (nSPS) is 17.3. The van der Waals surface area contributed by atoms with Gasteiger partial charge in [0, 0.05) is 37.6 Å². The monoisotopic (exact) mass is 376 g/mol. The molecule has 23 heavy (non-hydrogen) atoms. The van der Waals surface area contributed by atoms with Crippen molar-refractivity contribution in [3.8, 4) is 0 Å². The molecule has 120 valence electrons. The summed E-state index contributed by atoms with van der Waals surface area (Å²) in [5.41, 5.74) is 2.06. The molecule has 0 aliphatic carbocycles. The highest BCUT2D eigenvalue weighted by Crippen LogP contribution is 2.27. The first-order chi connectivity index (χ1) is 11.1. The van der Waals surface area contributed by atoms with E-state index in [0.717, 1.165) is 49.5 Å². The fourth-order valence-electron chi connectivity index (χ4n) is 2.95. The Balaban J connectivity index is 1.70. The van der Waals surface area contributed by atoms with Gasteiger partial charge in [0.2, 0.25) is 0 Å². The minimum atomic E-state index is -0.0813. The first-order valence-corrected chi connectivity index (χ1v) is 8.40. The van der Waals surface area contributed by atoms with Crippen LogP contribution in [0.2, 0.25) is 0 Å². The zero-order valence-corrected chi connectivity index (χ0v) is 14.4. The van der Waals surface area contributed by atoms with Crippen molar-refractivity contribution in [3.63, 3.8) is 0 Å². The number of nitrogens with zero attached hydrogens (tertiary/aromatic N) is 3. The van der Waals surface area contributed by atoms with Gasteiger partial charge in [0.05, 0.1) is 22.7 Å². The topological polar surface area (TPSA) is 65.4 Å². The molecule has 4 rings (SSSR count). The number of furan rings is 1. The Morgan fingerprint density at radius 2 is 2.04 bits per heavy atom. The predicted octanol–water partition coefficient (Wildman–Crippen LogP) is 2.18. The highest BCUT2D eigenvalue weighted by Gasteiger charge is 2.16. The highest BCUT2D eigenvalue weighted by atomic mass is 79.9. The Labute approximate surface area is 141 Å². The summed E-state index contributed by atoms with van der Waals surface area (Å²) in [6.07, 6.45) is 1.73. The van der Waals surface area contributed by atoms with Gasteiger partial charge in [-0.15, -0.1) is 0 Å². The van der Waals surface area contributed by atoms with Gasteiger partial charge in [-0.3, -0.25) is 9.69 Å². The zero-order valence-electron chi connectivity index (χ0n) is 12.8. The van der Waals surface area contributed by atoms with Crippen LogP contribution in [0.25, 0.3) is 22.1 Å². The van der Waals surface area contributed by atoms with E-state index in [4.69, 9.17) is 4.42 Å². The Morgan fingerprint density at radius 1 is 1.26 bits per heavy atom. The molecule has 6 nitrogen and oxygen atoms in total. The summed E-state index contributed by atoms with van der Waals surface area (Å²) in [4.78, 5) is 24.3. The number of fused-ring (bicyclic) bond motifs is 3. The van der Waals surface area contributed by atoms with E-state index in [0.29, 0.717) is 15.6 Å². The quantitative estimate of drug-likeness (QED) is 0.742. The summed E-state index contributed by atoms with van der Waals surface area (Å²) in [5.74, 6) is 0.909. The van der Waals surface area contributed by atoms with Crippen LogP contribution in [-0.4, -0.2) is 53.0 Å². The van der Waals surface area contributed by atoms with Crippen molar-refractivity contribution in [3.05, 3.63) is 38.9 Å². The van der Waals surface area contributed by atoms with Crippen LogP contribution in [0.4, 0.5) is 0 Å². The van der Waals surface area contributed by atoms with E-state index in [2.05, 4.69) is 42.7 Å². The second kappa shape index (κ2) is 5.74. The van der Waals surface area contributed by atoms with Gasteiger partial charge in [-0.25, -0.2) is 4.98 Å². The van der Waals surface area contributed by atoms with Crippen LogP contribution in [0.3, 0.4) is 0 Å². The number of halogens is 1. The lowest BCUT2D eigenvalue weighted by molar-refractivity contribution is 0.145. The second-order valence-electron chi connectivity index (χ2n) is 6.03. The van der Waals surface area contributed by atoms with Gasteiger partial charge in [0.25, 0.3) is 0 Å². The third-order valence-electron chi connectivity index (χ3n) is 4.35. The van der Waals surface area contributed by atoms with Gasteiger partial charge in [0.15, 0.2) is 11.0 Å². The van der Waals surface area contributed by atoms with E-state index in [1.54, 1.807) is 12.3 Å². The zero-order chi connectivity index (χ0) is 16.0. The van der Waals surface area contributed by atoms with Gasteiger partial charge >= 0.3 is 0 Å². The molecule has 3 aromatic rings. The van der Waals surface area contributed by atoms with E-state index >= 15 is 0 Å². The third kappa shape index (κ3) is 2.80. The first kappa shape index (κ1) is 14.9. The molecule has 1 aromatic carbocycles. The smallest absolute Gasteiger partial charge is 0.196 e. The summed E-state index contributed by atoms with van der Waals surface area (Å²) >= 11 is 3.29. The van der Waals surface area contributed by atoms with Gasteiger partial charge < -0.3 is 14.3 Å². The summed E-state index contributed by atoms with van der Waals surface area (Å²) in [6, 6.07) is 3.31. The van der Waals surface area contributed by atoms with Crippen LogP contribution in [0.1, 0.15) is 5.82 Å². The summed E-state index contributed by atoms with van der Waals surface area (Å²) in [7, 11) is 2.15. The van der Waals surface area contributed by atoms with Crippen LogP contribution in [0, 0.1) is 0 Å². The number of hydrogen-bond donors (Lipinski definition) is 1. The molecule has 7 heteroatoms. The van der Waals surface area contributed by atoms with E-state index in [1.165, 1.54) is 6.07 Å². The van der Waals surface area contributed by atoms with Crippen LogP contribution in [-0.2, 0) is 6.54 Å². The maximum absolute atomic E-state index is 11.7. The van der Waals surface area contributed by atoms with Crippen LogP contribution >= 0.6 is 15.9 Å². The number of likely N-dealkylation sites (N-methyl/N-ethyl adjacent to an activating group) is 1. The molecule has 0 atom stereocenters. The lowest BCUT2D eigenvalue weighted by Gasteiger charge is -2.31. The Kier molecular flexibility index (Phi) is 3.71. The van der Waals surface area contributed by atoms with Crippen LogP contribution in [0.15, 0.2) is 32.0 Å². The first-order valence-electron chi connectivity index (χ1n) is 7.61. The molecule has 0 spiro atoms. The van der Waals surface area contributed by atoms with Gasteiger partial charge in [-0.1, -0.05) is 0 Å². The lowest BCUT2D eigenvalue weighted by atomic mass is 10.2. The molecular formula is C16H17BrN4O2. The van der Waals surface area contributed by atoms with E-state index in [-0.39, 0.29) is 5.43 Å². The number of benzene rings is 1. The molecule has 0 unspecified atom stereocenters. The number of hydrogen-bond acceptors (Lipinski definition) is 5. The fourth-order valence-corrected chi connectivity index (χ4v) is 3.29. The molecule has 1 saturated heterocycles. The maximum Gasteiger partial charge on any atom is 0.196 e. The van der Waals surface area contributed by atoms with E-state index in [1.807, 2.05) is 0 Å². The molecule has 1 aliphatic heterocycles. The predicted molar refractivity (Wildman–Crippen MR) is 92.6 cm³/mol. The lowest BCUT2D eigenvalue weighted by Crippen LogP contribution is -2.44. The van der Waals surface area contributed by atoms with Crippen LogP contribution < -0.4 is 5.43 Å². The third-order valence-corrected chi connectivity index (χ3v) is 4.97. The number of H-pyrrole nitrogens is 1. The average molecular weight is 377 g/mol. The number of piperazine rings is 1. The van der Waals surface area contributed by atoms with Gasteiger partial charge in [0.1, 0.15) is 11.4 Å². The van der Waals surface area contributed by atoms with Crippen molar-refractivity contribution in [1.29, 1.82) is 0 Å². The van der Waals surface area contributed by atoms with Crippen molar-refractivity contribution >= 4 is 38.0 Å². The maximum atomic E-state index is 11.7. The standard InChI is InChI=1S/C16H17BrN4O2/c1-20-2-4-21(5-3-20)9-15-18-8-14-16(19-15)10-6-11(17)12(22)7-13(10)23-14/h6-8H,2-5,9H2,1H3,(H,18,19). The molecule has 0 radical (unpaired) electrons. The Morgan fingerprint density at radius 3 is 2.83 bits per heavy atom. The molecule has 3 heterocycles. The number of nitrogens with one attached hydrogen (secondary N) is 1. The number of aromatic amines is 1. The van der Waals surface area contributed by atoms with Crippen molar-refractivity contribution in [2.45, 2.75) is 6.54 Å². The molecule has 1 aliphatic rings. The van der Waals surface area contributed by atoms with Crippen molar-refractivity contribution < 1.29 is 4.42 Å². The molecule has 2 aromatic heterocycles. The average Bonchev–Trinajstić information content (AvgIpc) is 2.87. The van der Waals surface area contributed by atoms with Crippen molar-refractivity contribution in [1.82, 2.24) is 19.8 Å². The molecule has 0 amide bonds. The minimum Gasteiger partial charge on any atom is -0.453 e. The van der Waals surface area contributed by atoms with Gasteiger partial charge in [-0.2, -0.15) is 0 Å². The summed E-state index contributed by atoms with van der Waals surface area (Å²) in [5, 5.41) is 0.897. The van der Waals surface area contributed by atoms with E-state index < -0.39 is 0 Å². The summed E-state index contributed by atoms with van der Waals surface area (Å²) < 4.78 is 6.25. The Hall–Kier alpha value is -1.70. The summed E-state index contributed by atoms with van der Waals surface area (Å²) in [6.45, 7) is 5.03. The molecular weight excluding hydrogens is 360 g/mol. The fraction of sp³-hybridized carbons (Fsp3) is 0.375. The van der Waals surface area contributed by atoms with Crippen LogP contribution in [0.5, 0.6) is 0 Å². The highest BCUT2D eigenvalue weighted by molar-refractivity contribution is 9.10. The molecule has 1 N–H and O–H groups in total. The molecule has 0 saturated carbocycles. The number of rotatable bonds is 2. The second-order valence-corrected chi connectivity index (χ2v) is 6.88. The van der Waals surface area contributed by atoms with Crippen molar-refractivity contribution in [2.24, 2.45) is 0 Å². The van der Waals surface area contributed by atoms with Gasteiger partial charge in [-0.05, 0) is 29.0 Å². The Bertz CT molecular complexity index is 925. The molecule has 0 bridgehead atoms. The SMILES string of the molecule is CN1CCN(Cc2ncc3oc4cc(=O)c(Br)cc4c3[nH]2)CC1. The van der Waals surface area contributed by atoms with Crippen molar-refractivity contribution in [2.75, 3.05) is 33.2 Å².